The van der Waals surface area contributed by atoms with Crippen LogP contribution in [0.15, 0.2) is 23.0 Å². The molecule has 0 radical (unpaired) electrons. The fraction of sp³-hybridized carbons (Fsp3) is 0.700. The maximum Gasteiger partial charge on any atom is 0.317 e. The van der Waals surface area contributed by atoms with E-state index in [1.54, 1.807) is 6.07 Å². The molecule has 0 spiro atoms. The summed E-state index contributed by atoms with van der Waals surface area (Å²) in [6.07, 6.45) is 12.1. The first-order chi connectivity index (χ1) is 12.7. The molecule has 2 saturated heterocycles. The Bertz CT molecular complexity index is 616. The summed E-state index contributed by atoms with van der Waals surface area (Å²) in [7, 11) is 0. The van der Waals surface area contributed by atoms with Gasteiger partial charge in [-0.1, -0.05) is 12.8 Å². The van der Waals surface area contributed by atoms with Crippen LogP contribution in [0.4, 0.5) is 4.79 Å². The van der Waals surface area contributed by atoms with Crippen LogP contribution in [0.5, 0.6) is 0 Å². The highest BCUT2D eigenvalue weighted by Gasteiger charge is 2.36. The zero-order chi connectivity index (χ0) is 17.9. The Morgan fingerprint density at radius 2 is 1.77 bits per heavy atom. The largest absolute Gasteiger partial charge is 0.472 e. The van der Waals surface area contributed by atoms with Gasteiger partial charge in [0.25, 0.3) is 5.91 Å². The number of furan rings is 1. The minimum Gasteiger partial charge on any atom is -0.472 e. The van der Waals surface area contributed by atoms with Gasteiger partial charge in [-0.05, 0) is 50.5 Å². The van der Waals surface area contributed by atoms with Crippen LogP contribution in [0.1, 0.15) is 61.7 Å². The van der Waals surface area contributed by atoms with Crippen molar-refractivity contribution in [2.45, 2.75) is 63.5 Å². The Balaban J connectivity index is 1.27. The summed E-state index contributed by atoms with van der Waals surface area (Å²) in [6, 6.07) is 2.42. The minimum absolute atomic E-state index is 0.0179. The molecule has 0 bridgehead atoms. The van der Waals surface area contributed by atoms with Crippen molar-refractivity contribution in [1.82, 2.24) is 15.1 Å². The number of hydrogen-bond donors (Lipinski definition) is 1. The first kappa shape index (κ1) is 17.4. The number of carbonyl (C=O) groups excluding carboxylic acids is 2. The number of likely N-dealkylation sites (tertiary alicyclic amines) is 2. The van der Waals surface area contributed by atoms with E-state index in [0.717, 1.165) is 32.2 Å². The second-order valence-corrected chi connectivity index (χ2v) is 7.98. The van der Waals surface area contributed by atoms with Crippen molar-refractivity contribution < 1.29 is 14.0 Å². The molecular formula is C20H29N3O3. The molecule has 142 valence electrons. The lowest BCUT2D eigenvalue weighted by Gasteiger charge is -2.35. The van der Waals surface area contributed by atoms with Crippen LogP contribution in [-0.4, -0.2) is 53.5 Å². The van der Waals surface area contributed by atoms with Crippen molar-refractivity contribution in [3.63, 3.8) is 0 Å². The highest BCUT2D eigenvalue weighted by Crippen LogP contribution is 2.35. The third-order valence-electron chi connectivity index (χ3n) is 6.38. The third-order valence-corrected chi connectivity index (χ3v) is 6.38. The van der Waals surface area contributed by atoms with E-state index < -0.39 is 0 Å². The predicted molar refractivity (Wildman–Crippen MR) is 97.9 cm³/mol. The highest BCUT2D eigenvalue weighted by molar-refractivity contribution is 5.93. The van der Waals surface area contributed by atoms with Crippen molar-refractivity contribution in [2.75, 3.05) is 19.6 Å². The molecule has 1 aromatic heterocycles. The monoisotopic (exact) mass is 359 g/mol. The van der Waals surface area contributed by atoms with Gasteiger partial charge in [0, 0.05) is 31.7 Å². The molecule has 1 aromatic rings. The van der Waals surface area contributed by atoms with E-state index in [2.05, 4.69) is 10.2 Å². The topological polar surface area (TPSA) is 65.8 Å². The van der Waals surface area contributed by atoms with Crippen molar-refractivity contribution in [2.24, 2.45) is 5.92 Å². The maximum atomic E-state index is 12.8. The molecule has 6 nitrogen and oxygen atoms in total. The second kappa shape index (κ2) is 7.72. The van der Waals surface area contributed by atoms with Gasteiger partial charge in [-0.25, -0.2) is 4.79 Å². The molecule has 4 rings (SSSR count). The second-order valence-electron chi connectivity index (χ2n) is 7.98. The quantitative estimate of drug-likeness (QED) is 0.901. The average molecular weight is 359 g/mol. The van der Waals surface area contributed by atoms with Crippen LogP contribution in [-0.2, 0) is 0 Å². The number of nitrogens with zero attached hydrogens (tertiary/aromatic N) is 2. The molecule has 3 amide bonds. The molecule has 1 N–H and O–H groups in total. The SMILES string of the molecule is O=C(c1ccoc1)N1CCC(NC(=O)N2CCC[C@H]2C2CCCC2)CC1. The smallest absolute Gasteiger partial charge is 0.317 e. The number of urea groups is 1. The third kappa shape index (κ3) is 3.60. The summed E-state index contributed by atoms with van der Waals surface area (Å²) in [5.41, 5.74) is 0.601. The van der Waals surface area contributed by atoms with E-state index in [4.69, 9.17) is 4.42 Å². The number of nitrogens with one attached hydrogen (secondary N) is 1. The average Bonchev–Trinajstić information content (AvgIpc) is 3.43. The Morgan fingerprint density at radius 3 is 2.46 bits per heavy atom. The van der Waals surface area contributed by atoms with Gasteiger partial charge in [0.1, 0.15) is 6.26 Å². The van der Waals surface area contributed by atoms with Crippen LogP contribution >= 0.6 is 0 Å². The lowest BCUT2D eigenvalue weighted by atomic mass is 9.96. The molecule has 3 fully saturated rings. The fourth-order valence-corrected chi connectivity index (χ4v) is 4.93. The van der Waals surface area contributed by atoms with Crippen molar-refractivity contribution >= 4 is 11.9 Å². The Hall–Kier alpha value is -1.98. The van der Waals surface area contributed by atoms with Crippen LogP contribution in [0.25, 0.3) is 0 Å². The van der Waals surface area contributed by atoms with E-state index in [1.807, 2.05) is 4.90 Å². The van der Waals surface area contributed by atoms with Crippen molar-refractivity contribution in [1.29, 1.82) is 0 Å². The molecule has 2 aliphatic heterocycles. The molecule has 6 heteroatoms. The van der Waals surface area contributed by atoms with Gasteiger partial charge in [-0.3, -0.25) is 4.79 Å². The van der Waals surface area contributed by atoms with Gasteiger partial charge in [-0.15, -0.1) is 0 Å². The summed E-state index contributed by atoms with van der Waals surface area (Å²) in [5, 5.41) is 3.24. The fourth-order valence-electron chi connectivity index (χ4n) is 4.93. The summed E-state index contributed by atoms with van der Waals surface area (Å²) >= 11 is 0. The molecular weight excluding hydrogens is 330 g/mol. The van der Waals surface area contributed by atoms with E-state index in [-0.39, 0.29) is 18.0 Å². The molecule has 1 aliphatic carbocycles. The lowest BCUT2D eigenvalue weighted by molar-refractivity contribution is 0.0705. The minimum atomic E-state index is 0.0179. The van der Waals surface area contributed by atoms with Crippen LogP contribution < -0.4 is 5.32 Å². The van der Waals surface area contributed by atoms with Gasteiger partial charge >= 0.3 is 6.03 Å². The highest BCUT2D eigenvalue weighted by atomic mass is 16.3. The molecule has 0 unspecified atom stereocenters. The van der Waals surface area contributed by atoms with E-state index in [0.29, 0.717) is 30.6 Å². The van der Waals surface area contributed by atoms with Crippen LogP contribution in [0.2, 0.25) is 0 Å². The molecule has 1 saturated carbocycles. The molecule has 3 heterocycles. The van der Waals surface area contributed by atoms with Crippen molar-refractivity contribution in [3.05, 3.63) is 24.2 Å². The number of amides is 3. The number of hydrogen-bond acceptors (Lipinski definition) is 3. The van der Waals surface area contributed by atoms with Crippen molar-refractivity contribution in [3.8, 4) is 0 Å². The normalized spacial score (nSPS) is 25.0. The summed E-state index contributed by atoms with van der Waals surface area (Å²) in [5.74, 6) is 0.724. The number of piperidine rings is 1. The molecule has 26 heavy (non-hydrogen) atoms. The standard InChI is InChI=1S/C20H29N3O3/c24-19(16-9-13-26-14-16)22-11-7-17(8-12-22)21-20(25)23-10-3-6-18(23)15-4-1-2-5-15/h9,13-15,17-18H,1-8,10-12H2,(H,21,25)/t18-/m0/s1. The molecule has 3 aliphatic rings. The zero-order valence-corrected chi connectivity index (χ0v) is 15.4. The first-order valence-electron chi connectivity index (χ1n) is 10.1. The molecule has 0 aromatic carbocycles. The van der Waals surface area contributed by atoms with E-state index in [1.165, 1.54) is 38.2 Å². The van der Waals surface area contributed by atoms with Gasteiger partial charge < -0.3 is 19.5 Å². The zero-order valence-electron chi connectivity index (χ0n) is 15.4. The first-order valence-corrected chi connectivity index (χ1v) is 10.1. The summed E-state index contributed by atoms with van der Waals surface area (Å²) < 4.78 is 5.00. The summed E-state index contributed by atoms with van der Waals surface area (Å²) in [4.78, 5) is 29.1. The predicted octanol–water partition coefficient (Wildman–Crippen LogP) is 3.25. The number of carbonyl (C=O) groups is 2. The van der Waals surface area contributed by atoms with Gasteiger partial charge in [0.15, 0.2) is 0 Å². The van der Waals surface area contributed by atoms with E-state index in [9.17, 15) is 9.59 Å². The van der Waals surface area contributed by atoms with Crippen LogP contribution in [0.3, 0.4) is 0 Å². The van der Waals surface area contributed by atoms with Crippen LogP contribution in [0, 0.1) is 5.92 Å². The van der Waals surface area contributed by atoms with Gasteiger partial charge in [0.2, 0.25) is 0 Å². The van der Waals surface area contributed by atoms with E-state index >= 15 is 0 Å². The Morgan fingerprint density at radius 1 is 1.00 bits per heavy atom. The Kier molecular flexibility index (Phi) is 5.18. The number of rotatable bonds is 3. The Labute approximate surface area is 154 Å². The van der Waals surface area contributed by atoms with Gasteiger partial charge in [0.05, 0.1) is 11.8 Å². The molecule has 1 atom stereocenters. The summed E-state index contributed by atoms with van der Waals surface area (Å²) in [6.45, 7) is 2.26. The van der Waals surface area contributed by atoms with Gasteiger partial charge in [-0.2, -0.15) is 0 Å². The maximum absolute atomic E-state index is 12.8. The lowest BCUT2D eigenvalue weighted by Crippen LogP contribution is -2.52.